The van der Waals surface area contributed by atoms with E-state index >= 15 is 0 Å². The largest absolute Gasteiger partial charge is 0.312 e. The Labute approximate surface area is 103 Å². The van der Waals surface area contributed by atoms with Crippen molar-refractivity contribution in [3.63, 3.8) is 0 Å². The molecule has 0 aliphatic carbocycles. The monoisotopic (exact) mass is 279 g/mol. The van der Waals surface area contributed by atoms with Crippen molar-refractivity contribution in [2.45, 2.75) is 16.8 Å². The van der Waals surface area contributed by atoms with Crippen LogP contribution in [0.2, 0.25) is 0 Å². The summed E-state index contributed by atoms with van der Waals surface area (Å²) >= 11 is 3.03. The summed E-state index contributed by atoms with van der Waals surface area (Å²) in [4.78, 5) is 4.06. The van der Waals surface area contributed by atoms with Crippen LogP contribution in [0.15, 0.2) is 10.7 Å². The van der Waals surface area contributed by atoms with E-state index in [1.165, 1.54) is 11.5 Å². The fourth-order valence-corrected chi connectivity index (χ4v) is 4.68. The topological polar surface area (TPSA) is 72.0 Å². The second-order valence-corrected chi connectivity index (χ2v) is 7.96. The molecule has 90 valence electrons. The second kappa shape index (κ2) is 5.44. The van der Waals surface area contributed by atoms with Gasteiger partial charge in [-0.05, 0) is 18.0 Å². The molecule has 1 atom stereocenters. The molecule has 0 saturated carbocycles. The number of rotatable bonds is 5. The smallest absolute Gasteiger partial charge is 0.169 e. The molecule has 1 aliphatic rings. The number of nitrogens with zero attached hydrogens (tertiary/aromatic N) is 2. The Morgan fingerprint density at radius 2 is 2.50 bits per heavy atom. The molecule has 1 aromatic heterocycles. The molecule has 0 radical (unpaired) electrons. The summed E-state index contributed by atoms with van der Waals surface area (Å²) in [5, 5.41) is 3.26. The molecule has 1 fully saturated rings. The first kappa shape index (κ1) is 12.3. The number of thioether (sulfide) groups is 1. The van der Waals surface area contributed by atoms with Crippen LogP contribution in [-0.4, -0.2) is 47.6 Å². The first-order chi connectivity index (χ1) is 7.66. The lowest BCUT2D eigenvalue weighted by Crippen LogP contribution is -2.31. The number of hydrogen-bond donors (Lipinski definition) is 1. The van der Waals surface area contributed by atoms with Crippen molar-refractivity contribution >= 4 is 33.1 Å². The molecule has 0 amide bonds. The van der Waals surface area contributed by atoms with Crippen molar-refractivity contribution in [1.29, 1.82) is 0 Å². The molecule has 2 rings (SSSR count). The van der Waals surface area contributed by atoms with Gasteiger partial charge in [0.05, 0.1) is 11.5 Å². The van der Waals surface area contributed by atoms with Crippen LogP contribution in [0.25, 0.3) is 0 Å². The lowest BCUT2D eigenvalue weighted by molar-refractivity contribution is 0.575. The van der Waals surface area contributed by atoms with Crippen molar-refractivity contribution in [2.75, 3.05) is 23.8 Å². The van der Waals surface area contributed by atoms with Gasteiger partial charge in [0.2, 0.25) is 0 Å². The molecule has 8 heteroatoms. The normalized spacial score (nSPS) is 23.6. The van der Waals surface area contributed by atoms with Gasteiger partial charge in [0, 0.05) is 18.3 Å². The van der Waals surface area contributed by atoms with E-state index in [1.54, 1.807) is 18.1 Å². The fourth-order valence-electron chi connectivity index (χ4n) is 1.58. The summed E-state index contributed by atoms with van der Waals surface area (Å²) in [5.41, 5.74) is 0. The number of sulfone groups is 1. The minimum atomic E-state index is -2.77. The van der Waals surface area contributed by atoms with Crippen LogP contribution in [0.4, 0.5) is 0 Å². The van der Waals surface area contributed by atoms with Crippen molar-refractivity contribution in [3.8, 4) is 0 Å². The lowest BCUT2D eigenvalue weighted by atomic mass is 10.3. The van der Waals surface area contributed by atoms with Gasteiger partial charge in [-0.3, -0.25) is 0 Å². The predicted molar refractivity (Wildman–Crippen MR) is 65.7 cm³/mol. The Bertz CT molecular complexity index is 418. The Morgan fingerprint density at radius 3 is 3.12 bits per heavy atom. The maximum Gasteiger partial charge on any atom is 0.169 e. The maximum absolute atomic E-state index is 11.2. The van der Waals surface area contributed by atoms with Gasteiger partial charge in [-0.1, -0.05) is 11.8 Å². The van der Waals surface area contributed by atoms with E-state index in [2.05, 4.69) is 14.7 Å². The summed E-state index contributed by atoms with van der Waals surface area (Å²) in [6.07, 6.45) is 2.29. The SMILES string of the molecule is O=S1(=O)CCC(NCCSc2ncns2)C1. The quantitative estimate of drug-likeness (QED) is 0.621. The Morgan fingerprint density at radius 1 is 1.62 bits per heavy atom. The summed E-state index contributed by atoms with van der Waals surface area (Å²) in [6.45, 7) is 0.810. The highest BCUT2D eigenvalue weighted by Crippen LogP contribution is 2.17. The molecule has 1 saturated heterocycles. The van der Waals surface area contributed by atoms with E-state index in [1.807, 2.05) is 0 Å². The molecular weight excluding hydrogens is 266 g/mol. The molecule has 16 heavy (non-hydrogen) atoms. The Balaban J connectivity index is 1.62. The first-order valence-electron chi connectivity index (χ1n) is 4.99. The zero-order chi connectivity index (χ0) is 11.4. The van der Waals surface area contributed by atoms with Gasteiger partial charge in [-0.2, -0.15) is 4.37 Å². The predicted octanol–water partition coefficient (Wildman–Crippen LogP) is 0.407. The van der Waals surface area contributed by atoms with Crippen molar-refractivity contribution in [1.82, 2.24) is 14.7 Å². The van der Waals surface area contributed by atoms with Crippen LogP contribution in [0.5, 0.6) is 0 Å². The highest BCUT2D eigenvalue weighted by Gasteiger charge is 2.26. The minimum Gasteiger partial charge on any atom is -0.312 e. The van der Waals surface area contributed by atoms with Gasteiger partial charge in [0.1, 0.15) is 6.33 Å². The third-order valence-corrected chi connectivity index (χ3v) is 5.90. The molecular formula is C8H13N3O2S3. The van der Waals surface area contributed by atoms with E-state index in [0.29, 0.717) is 5.75 Å². The highest BCUT2D eigenvalue weighted by atomic mass is 32.2. The summed E-state index contributed by atoms with van der Waals surface area (Å²) < 4.78 is 27.3. The highest BCUT2D eigenvalue weighted by molar-refractivity contribution is 8.00. The molecule has 1 aromatic rings. The number of hydrogen-bond acceptors (Lipinski definition) is 7. The van der Waals surface area contributed by atoms with Crippen LogP contribution >= 0.6 is 23.3 Å². The van der Waals surface area contributed by atoms with E-state index in [4.69, 9.17) is 0 Å². The van der Waals surface area contributed by atoms with Crippen LogP contribution < -0.4 is 5.32 Å². The molecule has 5 nitrogen and oxygen atoms in total. The van der Waals surface area contributed by atoms with Gasteiger partial charge < -0.3 is 5.32 Å². The zero-order valence-corrected chi connectivity index (χ0v) is 11.1. The molecule has 1 unspecified atom stereocenters. The molecule has 0 spiro atoms. The van der Waals surface area contributed by atoms with Crippen LogP contribution in [0.1, 0.15) is 6.42 Å². The molecule has 0 aromatic carbocycles. The van der Waals surface area contributed by atoms with E-state index in [-0.39, 0.29) is 11.8 Å². The van der Waals surface area contributed by atoms with Crippen LogP contribution in [-0.2, 0) is 9.84 Å². The van der Waals surface area contributed by atoms with Crippen molar-refractivity contribution < 1.29 is 8.42 Å². The lowest BCUT2D eigenvalue weighted by Gasteiger charge is -2.09. The molecule has 2 heterocycles. The number of nitrogens with one attached hydrogen (secondary N) is 1. The molecule has 0 bridgehead atoms. The van der Waals surface area contributed by atoms with Gasteiger partial charge >= 0.3 is 0 Å². The fraction of sp³-hybridized carbons (Fsp3) is 0.750. The van der Waals surface area contributed by atoms with Gasteiger partial charge in [0.15, 0.2) is 14.2 Å². The van der Waals surface area contributed by atoms with Gasteiger partial charge in [0.25, 0.3) is 0 Å². The van der Waals surface area contributed by atoms with Crippen molar-refractivity contribution in [2.24, 2.45) is 0 Å². The average Bonchev–Trinajstić information content (AvgIpc) is 2.82. The minimum absolute atomic E-state index is 0.139. The molecule has 1 aliphatic heterocycles. The second-order valence-electron chi connectivity index (χ2n) is 3.61. The van der Waals surface area contributed by atoms with E-state index < -0.39 is 9.84 Å². The van der Waals surface area contributed by atoms with Gasteiger partial charge in [-0.25, -0.2) is 13.4 Å². The average molecular weight is 279 g/mol. The van der Waals surface area contributed by atoms with Crippen molar-refractivity contribution in [3.05, 3.63) is 6.33 Å². The summed E-state index contributed by atoms with van der Waals surface area (Å²) in [7, 11) is -2.77. The first-order valence-corrected chi connectivity index (χ1v) is 8.57. The Kier molecular flexibility index (Phi) is 4.17. The third-order valence-electron chi connectivity index (χ3n) is 2.33. The van der Waals surface area contributed by atoms with E-state index in [0.717, 1.165) is 23.1 Å². The zero-order valence-electron chi connectivity index (χ0n) is 8.63. The number of aromatic nitrogens is 2. The molecule has 1 N–H and O–H groups in total. The standard InChI is InChI=1S/C8H13N3O2S3/c12-16(13)4-1-7(5-16)9-2-3-14-8-10-6-11-15-8/h6-7,9H,1-5H2. The maximum atomic E-state index is 11.2. The van der Waals surface area contributed by atoms with Gasteiger partial charge in [-0.15, -0.1) is 0 Å². The third kappa shape index (κ3) is 3.69. The van der Waals surface area contributed by atoms with Crippen LogP contribution in [0.3, 0.4) is 0 Å². The summed E-state index contributed by atoms with van der Waals surface area (Å²) in [5.74, 6) is 1.51. The summed E-state index contributed by atoms with van der Waals surface area (Å²) in [6, 6.07) is 0.139. The Hall–Kier alpha value is -0.180. The van der Waals surface area contributed by atoms with E-state index in [9.17, 15) is 8.42 Å². The van der Waals surface area contributed by atoms with Crippen LogP contribution in [0, 0.1) is 0 Å².